The van der Waals surface area contributed by atoms with Gasteiger partial charge in [0.2, 0.25) is 12.5 Å². The Kier molecular flexibility index (Phi) is 7.42. The summed E-state index contributed by atoms with van der Waals surface area (Å²) in [5, 5.41) is 13.2. The molecule has 11 heteroatoms. The molecule has 0 saturated carbocycles. The van der Waals surface area contributed by atoms with Crippen molar-refractivity contribution in [2.45, 2.75) is 19.5 Å². The van der Waals surface area contributed by atoms with Gasteiger partial charge in [-0.3, -0.25) is 15.0 Å². The zero-order valence-corrected chi connectivity index (χ0v) is 24.2. The Bertz CT molecular complexity index is 1670. The van der Waals surface area contributed by atoms with Crippen molar-refractivity contribution in [2.24, 2.45) is 0 Å². The second kappa shape index (κ2) is 11.2. The molecule has 0 radical (unpaired) electrons. The number of rotatable bonds is 6. The highest BCUT2D eigenvalue weighted by molar-refractivity contribution is 5.94. The van der Waals surface area contributed by atoms with Crippen molar-refractivity contribution in [3.63, 3.8) is 0 Å². The number of piperazine rings is 1. The molecular weight excluding hydrogens is 560 g/mol. The first-order valence-electron chi connectivity index (χ1n) is 13.8. The summed E-state index contributed by atoms with van der Waals surface area (Å²) in [5.41, 5.74) is 5.87. The van der Waals surface area contributed by atoms with Crippen LogP contribution in [-0.2, 0) is 19.5 Å². The quantitative estimate of drug-likeness (QED) is 0.189. The molecule has 3 aliphatic heterocycles. The van der Waals surface area contributed by atoms with E-state index in [9.17, 15) is 10.1 Å². The van der Waals surface area contributed by atoms with E-state index < -0.39 is 0 Å². The number of anilines is 1. The molecule has 0 N–H and O–H groups in total. The van der Waals surface area contributed by atoms with Crippen LogP contribution < -0.4 is 40.8 Å². The van der Waals surface area contributed by atoms with Gasteiger partial charge in [0.25, 0.3) is 5.69 Å². The molecule has 3 aliphatic rings. The van der Waals surface area contributed by atoms with E-state index >= 15 is 0 Å². The molecule has 0 spiro atoms. The van der Waals surface area contributed by atoms with E-state index in [-0.39, 0.29) is 29.8 Å². The van der Waals surface area contributed by atoms with Crippen LogP contribution in [0, 0.1) is 10.1 Å². The summed E-state index contributed by atoms with van der Waals surface area (Å²) in [5.74, 6) is 3.06. The third-order valence-electron chi connectivity index (χ3n) is 8.40. The molecule has 4 heterocycles. The molecular formula is C31H31ClN4O6. The number of nitro groups is 1. The van der Waals surface area contributed by atoms with Crippen LogP contribution in [0.15, 0.2) is 54.7 Å². The summed E-state index contributed by atoms with van der Waals surface area (Å²) in [6, 6.07) is 15.4. The predicted molar refractivity (Wildman–Crippen MR) is 153 cm³/mol. The van der Waals surface area contributed by atoms with Crippen molar-refractivity contribution in [1.82, 2.24) is 4.90 Å². The van der Waals surface area contributed by atoms with Crippen LogP contribution in [0.4, 0.5) is 11.4 Å². The minimum absolute atomic E-state index is 0. The van der Waals surface area contributed by atoms with Gasteiger partial charge in [-0.2, -0.15) is 4.57 Å². The molecule has 0 unspecified atom stereocenters. The molecule has 3 aromatic carbocycles. The fraction of sp³-hybridized carbons (Fsp3) is 0.323. The average Bonchev–Trinajstić information content (AvgIpc) is 3.47. The molecule has 10 nitrogen and oxygen atoms in total. The Morgan fingerprint density at radius 1 is 0.952 bits per heavy atom. The molecule has 7 rings (SSSR count). The minimum Gasteiger partial charge on any atom is -1.00 e. The largest absolute Gasteiger partial charge is 1.00 e. The van der Waals surface area contributed by atoms with Gasteiger partial charge in [-0.05, 0) is 41.5 Å². The lowest BCUT2D eigenvalue weighted by atomic mass is 9.93. The first kappa shape index (κ1) is 27.9. The molecule has 1 fully saturated rings. The van der Waals surface area contributed by atoms with Gasteiger partial charge in [0.15, 0.2) is 35.7 Å². The highest BCUT2D eigenvalue weighted by Crippen LogP contribution is 2.43. The summed E-state index contributed by atoms with van der Waals surface area (Å²) in [4.78, 5) is 15.4. The number of aromatic nitrogens is 1. The van der Waals surface area contributed by atoms with Crippen molar-refractivity contribution in [1.29, 1.82) is 0 Å². The second-order valence-electron chi connectivity index (χ2n) is 10.6. The van der Waals surface area contributed by atoms with E-state index in [0.29, 0.717) is 0 Å². The third kappa shape index (κ3) is 4.80. The van der Waals surface area contributed by atoms with Crippen molar-refractivity contribution in [2.75, 3.05) is 52.1 Å². The monoisotopic (exact) mass is 590 g/mol. The summed E-state index contributed by atoms with van der Waals surface area (Å²) >= 11 is 0. The molecule has 4 aromatic rings. The van der Waals surface area contributed by atoms with E-state index in [0.717, 1.165) is 90.8 Å². The number of nitro benzene ring substituents is 1. The zero-order chi connectivity index (χ0) is 28.1. The Morgan fingerprint density at radius 3 is 2.38 bits per heavy atom. The van der Waals surface area contributed by atoms with Gasteiger partial charge >= 0.3 is 0 Å². The third-order valence-corrected chi connectivity index (χ3v) is 8.40. The number of halogens is 1. The van der Waals surface area contributed by atoms with E-state index in [1.54, 1.807) is 26.4 Å². The Hall–Kier alpha value is -4.28. The van der Waals surface area contributed by atoms with Gasteiger partial charge in [-0.25, -0.2) is 0 Å². The van der Waals surface area contributed by atoms with Crippen molar-refractivity contribution >= 4 is 22.1 Å². The maximum absolute atomic E-state index is 11.0. The fourth-order valence-electron chi connectivity index (χ4n) is 6.24. The van der Waals surface area contributed by atoms with Crippen LogP contribution >= 0.6 is 0 Å². The van der Waals surface area contributed by atoms with Crippen LogP contribution in [-0.4, -0.2) is 57.0 Å². The van der Waals surface area contributed by atoms with Crippen molar-refractivity contribution < 1.29 is 40.8 Å². The molecule has 0 bridgehead atoms. The van der Waals surface area contributed by atoms with Gasteiger partial charge in [0.1, 0.15) is 0 Å². The number of hydrogen-bond acceptors (Lipinski definition) is 8. The highest BCUT2D eigenvalue weighted by atomic mass is 35.5. The van der Waals surface area contributed by atoms with Crippen LogP contribution in [0.5, 0.6) is 23.0 Å². The summed E-state index contributed by atoms with van der Waals surface area (Å²) < 4.78 is 25.3. The molecule has 0 atom stereocenters. The van der Waals surface area contributed by atoms with E-state index in [4.69, 9.17) is 18.9 Å². The van der Waals surface area contributed by atoms with E-state index in [1.807, 2.05) is 12.1 Å². The number of hydrogen-bond donors (Lipinski definition) is 0. The lowest BCUT2D eigenvalue weighted by molar-refractivity contribution is -0.686. The number of fused-ring (bicyclic) bond motifs is 5. The van der Waals surface area contributed by atoms with Gasteiger partial charge in [-0.1, -0.05) is 0 Å². The number of benzene rings is 3. The second-order valence-corrected chi connectivity index (χ2v) is 10.6. The van der Waals surface area contributed by atoms with Crippen LogP contribution in [0.1, 0.15) is 11.1 Å². The first-order valence-corrected chi connectivity index (χ1v) is 13.8. The molecule has 218 valence electrons. The topological polar surface area (TPSA) is 90.4 Å². The van der Waals surface area contributed by atoms with Crippen LogP contribution in [0.2, 0.25) is 0 Å². The number of pyridine rings is 1. The Balaban J connectivity index is 0.00000316. The molecule has 1 aromatic heterocycles. The molecule has 42 heavy (non-hydrogen) atoms. The molecule has 1 saturated heterocycles. The summed E-state index contributed by atoms with van der Waals surface area (Å²) in [6.45, 7) is 5.32. The average molecular weight is 591 g/mol. The van der Waals surface area contributed by atoms with E-state index in [1.165, 1.54) is 16.7 Å². The zero-order valence-electron chi connectivity index (χ0n) is 23.5. The fourth-order valence-corrected chi connectivity index (χ4v) is 6.24. The van der Waals surface area contributed by atoms with E-state index in [2.05, 4.69) is 44.8 Å². The molecule has 0 aliphatic carbocycles. The summed E-state index contributed by atoms with van der Waals surface area (Å²) in [6.07, 6.45) is 3.10. The van der Waals surface area contributed by atoms with Gasteiger partial charge in [-0.15, -0.1) is 0 Å². The summed E-state index contributed by atoms with van der Waals surface area (Å²) in [7, 11) is 3.37. The number of methoxy groups -OCH3 is 2. The first-order chi connectivity index (χ1) is 20.0. The van der Waals surface area contributed by atoms with Gasteiger partial charge in [0.05, 0.1) is 30.1 Å². The van der Waals surface area contributed by atoms with Crippen molar-refractivity contribution in [3.05, 3.63) is 76.0 Å². The number of aryl methyl sites for hydroxylation is 2. The molecule has 0 amide bonds. The van der Waals surface area contributed by atoms with Crippen LogP contribution in [0.3, 0.4) is 0 Å². The van der Waals surface area contributed by atoms with Gasteiger partial charge in [0, 0.05) is 68.4 Å². The number of nitrogens with zero attached hydrogens (tertiary/aromatic N) is 4. The highest BCUT2D eigenvalue weighted by Gasteiger charge is 2.30. The maximum Gasteiger partial charge on any atom is 0.269 e. The Morgan fingerprint density at radius 2 is 1.69 bits per heavy atom. The lowest BCUT2D eigenvalue weighted by Crippen LogP contribution is -3.00. The Labute approximate surface area is 249 Å². The van der Waals surface area contributed by atoms with Crippen LogP contribution in [0.25, 0.3) is 22.0 Å². The number of ether oxygens (including phenoxy) is 4. The smallest absolute Gasteiger partial charge is 0.269 e. The minimum atomic E-state index is -0.363. The normalized spacial score (nSPS) is 15.5. The number of non-ortho nitro benzene ring substituents is 1. The van der Waals surface area contributed by atoms with Crippen molar-refractivity contribution in [3.8, 4) is 34.3 Å². The standard InChI is InChI=1S/C31H31N4O6.ClH/c1-38-30-14-21(17-32-9-11-33(12-10-32)22-3-5-23(6-4-22)35(36)37)24-15-27-25-16-29-28(40-19-41-29)13-20(25)7-8-34(27)18-26(24)31(30)39-2;/h3-6,13-16,18H,7-12,17,19H2,1-2H3;1H/q+1;/p-1. The predicted octanol–water partition coefficient (Wildman–Crippen LogP) is 1.33. The van der Waals surface area contributed by atoms with Gasteiger partial charge < -0.3 is 36.3 Å². The lowest BCUT2D eigenvalue weighted by Gasteiger charge is -2.36. The SMILES string of the molecule is COc1cc(CN2CCN(c3ccc([N+](=O)[O-])cc3)CC2)c2cc3[n+](cc2c1OC)CCc1cc2c(cc1-3)OCO2.[Cl-]. The maximum atomic E-state index is 11.0.